The van der Waals surface area contributed by atoms with Gasteiger partial charge in [-0.1, -0.05) is 11.3 Å². The van der Waals surface area contributed by atoms with Gasteiger partial charge in [-0.25, -0.2) is 15.0 Å². The van der Waals surface area contributed by atoms with Crippen molar-refractivity contribution < 1.29 is 0 Å². The Hall–Kier alpha value is -1.89. The first-order valence-corrected chi connectivity index (χ1v) is 5.57. The molecule has 3 rings (SSSR count). The summed E-state index contributed by atoms with van der Waals surface area (Å²) in [4.78, 5) is 13.9. The summed E-state index contributed by atoms with van der Waals surface area (Å²) in [5.74, 6) is 0.756. The fourth-order valence-electron chi connectivity index (χ4n) is 1.77. The number of rotatable bonds is 1. The van der Waals surface area contributed by atoms with Crippen molar-refractivity contribution in [2.45, 2.75) is 0 Å². The number of thiazole rings is 1. The minimum Gasteiger partial charge on any atom is -0.375 e. The van der Waals surface area contributed by atoms with Crippen molar-refractivity contribution in [3.63, 3.8) is 0 Å². The molecular weight excluding hydrogens is 224 g/mol. The van der Waals surface area contributed by atoms with E-state index in [-0.39, 0.29) is 0 Å². The van der Waals surface area contributed by atoms with Crippen molar-refractivity contribution in [2.75, 3.05) is 18.1 Å². The number of nitrogen functional groups attached to an aromatic ring is 1. The Morgan fingerprint density at radius 1 is 1.38 bits per heavy atom. The van der Waals surface area contributed by atoms with Crippen molar-refractivity contribution >= 4 is 43.7 Å². The Balaban J connectivity index is 2.59. The van der Waals surface area contributed by atoms with Crippen LogP contribution in [0.5, 0.6) is 0 Å². The van der Waals surface area contributed by atoms with Crippen LogP contribution >= 0.6 is 11.3 Å². The first kappa shape index (κ1) is 9.34. The summed E-state index contributed by atoms with van der Waals surface area (Å²) >= 11 is 1.38. The molecule has 16 heavy (non-hydrogen) atoms. The highest BCUT2D eigenvalue weighted by molar-refractivity contribution is 7.21. The smallest absolute Gasteiger partial charge is 0.182 e. The third-order valence-electron chi connectivity index (χ3n) is 2.46. The average molecular weight is 234 g/mol. The standard InChI is InChI=1S/C9H10N6S/c1-11-7-4-6(15(2)3-12-4)5-8(14-7)16-9(10)13-5/h3H,1-2H3,(H2,10,13)(H,11,14). The molecule has 0 bridgehead atoms. The van der Waals surface area contributed by atoms with Crippen molar-refractivity contribution in [2.24, 2.45) is 7.05 Å². The van der Waals surface area contributed by atoms with Gasteiger partial charge in [-0.15, -0.1) is 0 Å². The van der Waals surface area contributed by atoms with Gasteiger partial charge in [0, 0.05) is 14.1 Å². The topological polar surface area (TPSA) is 81.7 Å². The highest BCUT2D eigenvalue weighted by Crippen LogP contribution is 2.31. The van der Waals surface area contributed by atoms with E-state index in [1.807, 2.05) is 18.7 Å². The molecule has 0 aliphatic rings. The maximum atomic E-state index is 5.71. The van der Waals surface area contributed by atoms with Crippen molar-refractivity contribution in [3.8, 4) is 0 Å². The van der Waals surface area contributed by atoms with E-state index in [9.17, 15) is 0 Å². The normalized spacial score (nSPS) is 11.4. The molecule has 3 aromatic rings. The molecule has 0 saturated carbocycles. The van der Waals surface area contributed by atoms with Crippen molar-refractivity contribution in [1.29, 1.82) is 0 Å². The third-order valence-corrected chi connectivity index (χ3v) is 3.24. The molecule has 0 aromatic carbocycles. The predicted molar refractivity (Wildman–Crippen MR) is 65.6 cm³/mol. The number of hydrogen-bond acceptors (Lipinski definition) is 6. The fourth-order valence-corrected chi connectivity index (χ4v) is 2.48. The van der Waals surface area contributed by atoms with E-state index in [4.69, 9.17) is 5.73 Å². The number of nitrogens with two attached hydrogens (primary N) is 1. The van der Waals surface area contributed by atoms with Crippen LogP contribution in [0.1, 0.15) is 0 Å². The largest absolute Gasteiger partial charge is 0.375 e. The average Bonchev–Trinajstić information content (AvgIpc) is 2.80. The van der Waals surface area contributed by atoms with E-state index < -0.39 is 0 Å². The second-order valence-electron chi connectivity index (χ2n) is 3.47. The zero-order chi connectivity index (χ0) is 11.3. The Morgan fingerprint density at radius 2 is 2.19 bits per heavy atom. The van der Waals surface area contributed by atoms with Crippen molar-refractivity contribution in [3.05, 3.63) is 6.33 Å². The lowest BCUT2D eigenvalue weighted by Gasteiger charge is -2.01. The predicted octanol–water partition coefficient (Wildman–Crippen LogP) is 1.20. The number of imidazole rings is 1. The van der Waals surface area contributed by atoms with Crippen LogP contribution in [0.3, 0.4) is 0 Å². The van der Waals surface area contributed by atoms with E-state index in [2.05, 4.69) is 20.3 Å². The maximum absolute atomic E-state index is 5.71. The number of nitrogens with zero attached hydrogens (tertiary/aromatic N) is 4. The van der Waals surface area contributed by atoms with Gasteiger partial charge in [0.25, 0.3) is 0 Å². The summed E-state index contributed by atoms with van der Waals surface area (Å²) < 4.78 is 1.93. The van der Waals surface area contributed by atoms with Crippen molar-refractivity contribution in [1.82, 2.24) is 19.5 Å². The highest BCUT2D eigenvalue weighted by Gasteiger charge is 2.14. The van der Waals surface area contributed by atoms with Gasteiger partial charge in [0.15, 0.2) is 10.9 Å². The molecule has 0 unspecified atom stereocenters. The molecule has 0 atom stereocenters. The molecule has 0 spiro atoms. The summed E-state index contributed by atoms with van der Waals surface area (Å²) in [6, 6.07) is 0. The minimum atomic E-state index is 0.526. The number of hydrogen-bond donors (Lipinski definition) is 2. The van der Waals surface area contributed by atoms with Crippen LogP contribution in [0.15, 0.2) is 6.33 Å². The van der Waals surface area contributed by atoms with Gasteiger partial charge in [0.1, 0.15) is 21.4 Å². The number of anilines is 2. The third kappa shape index (κ3) is 1.09. The van der Waals surface area contributed by atoms with Gasteiger partial charge in [-0.2, -0.15) is 0 Å². The summed E-state index contributed by atoms with van der Waals surface area (Å²) in [7, 11) is 3.76. The molecule has 0 radical (unpaired) electrons. The van der Waals surface area contributed by atoms with Crippen LogP contribution in [-0.2, 0) is 7.05 Å². The summed E-state index contributed by atoms with van der Waals surface area (Å²) in [5.41, 5.74) is 8.31. The first-order valence-electron chi connectivity index (χ1n) is 4.75. The monoisotopic (exact) mass is 234 g/mol. The molecule has 0 saturated heterocycles. The van der Waals surface area contributed by atoms with E-state index in [0.29, 0.717) is 5.13 Å². The number of aromatic nitrogens is 4. The molecule has 6 nitrogen and oxygen atoms in total. The van der Waals surface area contributed by atoms with E-state index in [0.717, 1.165) is 27.2 Å². The molecular formula is C9H10N6S. The van der Waals surface area contributed by atoms with Gasteiger partial charge >= 0.3 is 0 Å². The lowest BCUT2D eigenvalue weighted by Crippen LogP contribution is -1.95. The van der Waals surface area contributed by atoms with Crippen LogP contribution < -0.4 is 11.1 Å². The van der Waals surface area contributed by atoms with Gasteiger partial charge in [-0.05, 0) is 0 Å². The minimum absolute atomic E-state index is 0.526. The molecule has 0 amide bonds. The Kier molecular flexibility index (Phi) is 1.78. The molecule has 7 heteroatoms. The lowest BCUT2D eigenvalue weighted by atomic mass is 10.3. The highest BCUT2D eigenvalue weighted by atomic mass is 32.1. The number of pyridine rings is 1. The van der Waals surface area contributed by atoms with Gasteiger partial charge < -0.3 is 15.6 Å². The van der Waals surface area contributed by atoms with Gasteiger partial charge in [0.05, 0.1) is 6.33 Å². The number of aryl methyl sites for hydroxylation is 1. The van der Waals surface area contributed by atoms with E-state index in [1.54, 1.807) is 6.33 Å². The van der Waals surface area contributed by atoms with E-state index in [1.165, 1.54) is 11.3 Å². The van der Waals surface area contributed by atoms with Gasteiger partial charge in [-0.3, -0.25) is 0 Å². The number of nitrogens with one attached hydrogen (secondary N) is 1. The lowest BCUT2D eigenvalue weighted by molar-refractivity contribution is 0.949. The zero-order valence-electron chi connectivity index (χ0n) is 8.85. The second-order valence-corrected chi connectivity index (χ2v) is 4.48. The van der Waals surface area contributed by atoms with Crippen LogP contribution in [0.4, 0.5) is 10.9 Å². The van der Waals surface area contributed by atoms with Crippen LogP contribution in [0.2, 0.25) is 0 Å². The fraction of sp³-hybridized carbons (Fsp3) is 0.222. The molecule has 0 aliphatic heterocycles. The van der Waals surface area contributed by atoms with Crippen LogP contribution in [0.25, 0.3) is 21.4 Å². The molecule has 3 heterocycles. The Bertz CT molecular complexity index is 682. The summed E-state index contributed by atoms with van der Waals surface area (Å²) in [5, 5.41) is 3.56. The van der Waals surface area contributed by atoms with Crippen LogP contribution in [0, 0.1) is 0 Å². The molecule has 3 aromatic heterocycles. The maximum Gasteiger partial charge on any atom is 0.182 e. The Labute approximate surface area is 95.1 Å². The summed E-state index contributed by atoms with van der Waals surface area (Å²) in [6.07, 6.45) is 1.75. The molecule has 82 valence electrons. The first-order chi connectivity index (χ1) is 7.70. The molecule has 0 aliphatic carbocycles. The van der Waals surface area contributed by atoms with Gasteiger partial charge in [0.2, 0.25) is 0 Å². The molecule has 0 fully saturated rings. The quantitative estimate of drug-likeness (QED) is 0.661. The van der Waals surface area contributed by atoms with Crippen LogP contribution in [-0.4, -0.2) is 26.6 Å². The van der Waals surface area contributed by atoms with E-state index >= 15 is 0 Å². The second kappa shape index (κ2) is 3.05. The molecule has 3 N–H and O–H groups in total. The summed E-state index contributed by atoms with van der Waals surface area (Å²) in [6.45, 7) is 0. The number of fused-ring (bicyclic) bond motifs is 3. The SMILES string of the molecule is CNc1nc2sc(N)nc2c2c1ncn2C. The Morgan fingerprint density at radius 3 is 2.94 bits per heavy atom. The zero-order valence-corrected chi connectivity index (χ0v) is 9.67.